The van der Waals surface area contributed by atoms with Crippen LogP contribution < -0.4 is 0 Å². The van der Waals surface area contributed by atoms with Crippen molar-refractivity contribution in [3.8, 4) is 62.3 Å². The molecule has 0 aliphatic heterocycles. The van der Waals surface area contributed by atoms with E-state index in [0.717, 1.165) is 161 Å². The molecular weight excluding hydrogens is 1280 g/mol. The Morgan fingerprint density at radius 3 is 0.762 bits per heavy atom. The monoisotopic (exact) mass is 1340 g/mol. The van der Waals surface area contributed by atoms with Crippen LogP contribution in [0.4, 0.5) is 0 Å². The summed E-state index contributed by atoms with van der Waals surface area (Å²) in [6.45, 7) is 0. The third-order valence-corrected chi connectivity index (χ3v) is 22.2. The predicted octanol–water partition coefficient (Wildman–Crippen LogP) is 24.3. The molecule has 8 aromatic heterocycles. The van der Waals surface area contributed by atoms with Crippen LogP contribution in [0.3, 0.4) is 0 Å². The van der Waals surface area contributed by atoms with Gasteiger partial charge in [-0.1, -0.05) is 218 Å². The second-order valence-electron chi connectivity index (χ2n) is 27.7. The van der Waals surface area contributed by atoms with Gasteiger partial charge in [-0.05, 0) is 156 Å². The van der Waals surface area contributed by atoms with Gasteiger partial charge in [0, 0.05) is 76.0 Å². The van der Waals surface area contributed by atoms with Gasteiger partial charge in [0.1, 0.15) is 23.4 Å². The minimum Gasteiger partial charge on any atom is -0.309 e. The highest BCUT2D eigenvalue weighted by Crippen LogP contribution is 2.49. The molecule has 0 bridgehead atoms. The van der Waals surface area contributed by atoms with E-state index < -0.39 is 0 Å². The second kappa shape index (κ2) is 22.1. The molecule has 9 nitrogen and oxygen atoms in total. The zero-order valence-corrected chi connectivity index (χ0v) is 56.6. The molecule has 0 aliphatic carbocycles. The summed E-state index contributed by atoms with van der Waals surface area (Å²) in [5.74, 6) is 1.49. The van der Waals surface area contributed by atoms with E-state index in [2.05, 4.69) is 384 Å². The van der Waals surface area contributed by atoms with Crippen LogP contribution in [0.5, 0.6) is 0 Å². The lowest BCUT2D eigenvalue weighted by atomic mass is 10.0. The lowest BCUT2D eigenvalue weighted by molar-refractivity contribution is 0.925. The molecule has 0 fully saturated rings. The van der Waals surface area contributed by atoms with Gasteiger partial charge in [0.15, 0.2) is 11.6 Å². The van der Waals surface area contributed by atoms with Crippen molar-refractivity contribution in [1.29, 1.82) is 0 Å². The van der Waals surface area contributed by atoms with Gasteiger partial charge in [0.2, 0.25) is 0 Å². The predicted molar refractivity (Wildman–Crippen MR) is 436 cm³/mol. The van der Waals surface area contributed by atoms with E-state index in [1.807, 2.05) is 6.33 Å². The molecule has 9 heteroatoms. The van der Waals surface area contributed by atoms with Crippen LogP contribution in [0, 0.1) is 0 Å². The van der Waals surface area contributed by atoms with Crippen molar-refractivity contribution in [1.82, 2.24) is 41.9 Å². The SMILES string of the molecule is c1ccc(-n2c3ccccc3c3cc(-c4ccc5c(c4)c4ccccc4n5-c4nc(-n5c6ccccc6c6cc(-c7ccc8c(c7)c7ccccc7n8-c7ccccc7)ccc65)c(-n5c6ccccc6c6ccccc65)c(-n5cnc6ccccc65)c4-n4c5ccccc5c5ccccc54)ccc32)cc1. The van der Waals surface area contributed by atoms with E-state index in [1.165, 1.54) is 43.6 Å². The molecule has 0 spiro atoms. The number of benzene rings is 15. The number of nitrogens with zero attached hydrogens (tertiary/aromatic N) is 9. The fourth-order valence-electron chi connectivity index (χ4n) is 17.7. The minimum atomic E-state index is 0.744. The zero-order chi connectivity index (χ0) is 68.5. The van der Waals surface area contributed by atoms with E-state index in [1.54, 1.807) is 0 Å². The molecule has 0 saturated heterocycles. The van der Waals surface area contributed by atoms with Crippen molar-refractivity contribution in [2.45, 2.75) is 0 Å². The van der Waals surface area contributed by atoms with E-state index in [0.29, 0.717) is 0 Å². The first-order valence-electron chi connectivity index (χ1n) is 35.9. The van der Waals surface area contributed by atoms with Gasteiger partial charge in [0.05, 0.1) is 77.2 Å². The van der Waals surface area contributed by atoms with Gasteiger partial charge in [-0.25, -0.2) is 9.97 Å². The number of pyridine rings is 1. The third kappa shape index (κ3) is 8.22. The number of aromatic nitrogens is 9. The summed E-state index contributed by atoms with van der Waals surface area (Å²) >= 11 is 0. The molecule has 8 heterocycles. The quantitative estimate of drug-likeness (QED) is 0.145. The lowest BCUT2D eigenvalue weighted by Crippen LogP contribution is -2.18. The van der Waals surface area contributed by atoms with Crippen LogP contribution in [0.25, 0.3) is 204 Å². The zero-order valence-electron chi connectivity index (χ0n) is 56.6. The number of hydrogen-bond acceptors (Lipinski definition) is 2. The molecule has 105 heavy (non-hydrogen) atoms. The molecular formula is C96H59N9. The summed E-state index contributed by atoms with van der Waals surface area (Å²) in [5.41, 5.74) is 24.2. The summed E-state index contributed by atoms with van der Waals surface area (Å²) in [4.78, 5) is 12.0. The standard InChI is InChI=1S/C96H59N9/c1-3-25-64(26-4-1)100-79-38-16-11-33-70(79)74-55-60(47-51-87(74)100)62-49-53-89-76(57-62)72-35-13-22-44-85(72)104(89)95-93(102-81-40-18-7-29-66(81)67-30-8-19-41-82(67)102)92(99-59-97-78-37-15-24-46-91(78)99)94(103-83-42-20-9-31-68(83)69-32-10-21-43-84(69)103)96(98-95)105-86-45-23-14-36-73(86)77-58-63(50-54-90(77)105)61-48-52-88-75(56-61)71-34-12-17-39-80(71)101(88)65-27-5-2-6-28-65/h1-59H. The Morgan fingerprint density at radius 2 is 0.429 bits per heavy atom. The largest absolute Gasteiger partial charge is 0.309 e. The van der Waals surface area contributed by atoms with Crippen LogP contribution in [-0.2, 0) is 0 Å². The van der Waals surface area contributed by atoms with Gasteiger partial charge in [-0.3, -0.25) is 13.7 Å². The number of hydrogen-bond donors (Lipinski definition) is 0. The first kappa shape index (κ1) is 57.5. The number of imidazole rings is 1. The average Bonchev–Trinajstić information content (AvgIpc) is 1.57. The Hall–Kier alpha value is -14.3. The second-order valence-corrected chi connectivity index (χ2v) is 27.7. The van der Waals surface area contributed by atoms with Gasteiger partial charge in [-0.2, -0.15) is 0 Å². The highest BCUT2D eigenvalue weighted by atomic mass is 15.2. The molecule has 0 amide bonds. The number of fused-ring (bicyclic) bond motifs is 19. The number of para-hydroxylation sites is 12. The van der Waals surface area contributed by atoms with Crippen LogP contribution in [0.15, 0.2) is 358 Å². The molecule has 0 unspecified atom stereocenters. The maximum Gasteiger partial charge on any atom is 0.166 e. The van der Waals surface area contributed by atoms with E-state index >= 15 is 0 Å². The van der Waals surface area contributed by atoms with Crippen molar-refractivity contribution in [3.63, 3.8) is 0 Å². The van der Waals surface area contributed by atoms with Gasteiger partial charge in [0.25, 0.3) is 0 Å². The Kier molecular flexibility index (Phi) is 12.1. The highest BCUT2D eigenvalue weighted by molar-refractivity contribution is 6.18. The highest BCUT2D eigenvalue weighted by Gasteiger charge is 2.34. The van der Waals surface area contributed by atoms with Crippen molar-refractivity contribution >= 4 is 142 Å². The average molecular weight is 1340 g/mol. The maximum absolute atomic E-state index is 6.64. The van der Waals surface area contributed by atoms with Crippen molar-refractivity contribution < 1.29 is 0 Å². The Labute approximate surface area is 600 Å². The Morgan fingerprint density at radius 1 is 0.181 bits per heavy atom. The first-order valence-corrected chi connectivity index (χ1v) is 35.9. The number of rotatable bonds is 9. The van der Waals surface area contributed by atoms with E-state index in [4.69, 9.17) is 9.97 Å². The summed E-state index contributed by atoms with van der Waals surface area (Å²) in [6, 6.07) is 129. The molecule has 15 aromatic carbocycles. The normalized spacial score (nSPS) is 12.2. The molecule has 0 radical (unpaired) electrons. The molecule has 488 valence electrons. The van der Waals surface area contributed by atoms with Crippen LogP contribution in [0.1, 0.15) is 0 Å². The van der Waals surface area contributed by atoms with Crippen LogP contribution >= 0.6 is 0 Å². The van der Waals surface area contributed by atoms with Crippen LogP contribution in [0.2, 0.25) is 0 Å². The fraction of sp³-hybridized carbons (Fsp3) is 0. The molecule has 0 saturated carbocycles. The molecule has 0 atom stereocenters. The van der Waals surface area contributed by atoms with Gasteiger partial charge in [-0.15, -0.1) is 0 Å². The smallest absolute Gasteiger partial charge is 0.166 e. The van der Waals surface area contributed by atoms with Crippen molar-refractivity contribution in [2.24, 2.45) is 0 Å². The van der Waals surface area contributed by atoms with Crippen molar-refractivity contribution in [3.05, 3.63) is 358 Å². The summed E-state index contributed by atoms with van der Waals surface area (Å²) in [7, 11) is 0. The summed E-state index contributed by atoms with van der Waals surface area (Å²) in [6.07, 6.45) is 2.04. The van der Waals surface area contributed by atoms with Gasteiger partial charge >= 0.3 is 0 Å². The van der Waals surface area contributed by atoms with E-state index in [9.17, 15) is 0 Å². The minimum absolute atomic E-state index is 0.744. The Bertz CT molecular complexity index is 7080. The van der Waals surface area contributed by atoms with Gasteiger partial charge < -0.3 is 18.3 Å². The molecule has 23 rings (SSSR count). The van der Waals surface area contributed by atoms with E-state index in [-0.39, 0.29) is 0 Å². The van der Waals surface area contributed by atoms with Crippen molar-refractivity contribution in [2.75, 3.05) is 0 Å². The fourth-order valence-corrected chi connectivity index (χ4v) is 17.7. The molecule has 0 N–H and O–H groups in total. The molecule has 23 aromatic rings. The van der Waals surface area contributed by atoms with Crippen LogP contribution in [-0.4, -0.2) is 41.9 Å². The Balaban J connectivity index is 0.864. The summed E-state index contributed by atoms with van der Waals surface area (Å²) < 4.78 is 17.1. The topological polar surface area (TPSA) is 60.3 Å². The summed E-state index contributed by atoms with van der Waals surface area (Å²) in [5, 5.41) is 13.8. The maximum atomic E-state index is 6.64. The molecule has 0 aliphatic rings. The first-order chi connectivity index (χ1) is 52.1. The third-order valence-electron chi connectivity index (χ3n) is 22.2. The lowest BCUT2D eigenvalue weighted by Gasteiger charge is -2.27.